The molecule has 0 aromatic heterocycles. The van der Waals surface area contributed by atoms with E-state index in [1.54, 1.807) is 0 Å². The Kier molecular flexibility index (Phi) is 16.9. The van der Waals surface area contributed by atoms with Crippen LogP contribution in [0.25, 0.3) is 0 Å². The summed E-state index contributed by atoms with van der Waals surface area (Å²) in [4.78, 5) is 25.5. The lowest BCUT2D eigenvalue weighted by Crippen LogP contribution is -2.31. The Morgan fingerprint density at radius 2 is 0.947 bits per heavy atom. The summed E-state index contributed by atoms with van der Waals surface area (Å²) in [5.74, 6) is 1.27. The zero-order chi connectivity index (χ0) is 28.6. The number of carbonyl (C=O) groups excluding carboxylic acids is 2. The van der Waals surface area contributed by atoms with Gasteiger partial charge in [-0.2, -0.15) is 0 Å². The van der Waals surface area contributed by atoms with E-state index in [4.69, 9.17) is 9.47 Å². The molecule has 0 aliphatic heterocycles. The minimum atomic E-state index is -0.0740. The Balaban J connectivity index is 2.28. The molecule has 2 atom stereocenters. The van der Waals surface area contributed by atoms with Crippen molar-refractivity contribution >= 4 is 11.9 Å². The number of carbonyl (C=O) groups is 2. The summed E-state index contributed by atoms with van der Waals surface area (Å²) >= 11 is 0. The van der Waals surface area contributed by atoms with Crippen molar-refractivity contribution in [2.75, 3.05) is 13.2 Å². The van der Waals surface area contributed by atoms with E-state index in [2.05, 4.69) is 55.4 Å². The van der Waals surface area contributed by atoms with Gasteiger partial charge < -0.3 is 9.47 Å². The molecule has 0 N–H and O–H groups in total. The molecule has 1 aliphatic rings. The highest BCUT2D eigenvalue weighted by Gasteiger charge is 2.33. The average molecular weight is 537 g/mol. The Morgan fingerprint density at radius 1 is 0.632 bits per heavy atom. The summed E-state index contributed by atoms with van der Waals surface area (Å²) in [6.45, 7) is 19.0. The summed E-state index contributed by atoms with van der Waals surface area (Å²) in [6, 6.07) is 0. The maximum atomic E-state index is 12.7. The van der Waals surface area contributed by atoms with Crippen molar-refractivity contribution in [3.63, 3.8) is 0 Å². The van der Waals surface area contributed by atoms with Gasteiger partial charge in [0, 0.05) is 0 Å². The first-order valence-corrected chi connectivity index (χ1v) is 16.2. The number of esters is 2. The van der Waals surface area contributed by atoms with Crippen LogP contribution in [0.1, 0.15) is 158 Å². The SMILES string of the molecule is CCCCC(C)CCCC(C)(C)COC(=O)C1CCC(C(=O)OCC(C)(C)CCCC(C)CCCC)CC1. The maximum Gasteiger partial charge on any atom is 0.308 e. The molecule has 1 saturated carbocycles. The van der Waals surface area contributed by atoms with Gasteiger partial charge in [0.1, 0.15) is 0 Å². The Morgan fingerprint density at radius 3 is 1.26 bits per heavy atom. The van der Waals surface area contributed by atoms with Crippen LogP contribution in [0.4, 0.5) is 0 Å². The van der Waals surface area contributed by atoms with Crippen molar-refractivity contribution in [1.29, 1.82) is 0 Å². The lowest BCUT2D eigenvalue weighted by atomic mass is 9.81. The van der Waals surface area contributed by atoms with E-state index in [9.17, 15) is 9.59 Å². The summed E-state index contributed by atoms with van der Waals surface area (Å²) in [5.41, 5.74) is 0.0307. The summed E-state index contributed by atoms with van der Waals surface area (Å²) < 4.78 is 11.6. The molecule has 0 heterocycles. The number of ether oxygens (including phenoxy) is 2. The quantitative estimate of drug-likeness (QED) is 0.145. The van der Waals surface area contributed by atoms with Crippen molar-refractivity contribution in [2.45, 2.75) is 158 Å². The molecule has 0 spiro atoms. The number of rotatable bonds is 20. The van der Waals surface area contributed by atoms with Crippen LogP contribution in [0.15, 0.2) is 0 Å². The zero-order valence-electron chi connectivity index (χ0n) is 26.7. The second kappa shape index (κ2) is 18.3. The number of hydrogen-bond acceptors (Lipinski definition) is 4. The molecule has 1 rings (SSSR count). The molecule has 1 fully saturated rings. The van der Waals surface area contributed by atoms with Gasteiger partial charge in [-0.25, -0.2) is 0 Å². The van der Waals surface area contributed by atoms with Crippen molar-refractivity contribution in [3.05, 3.63) is 0 Å². The van der Waals surface area contributed by atoms with Gasteiger partial charge in [-0.1, -0.05) is 120 Å². The van der Waals surface area contributed by atoms with Crippen molar-refractivity contribution in [2.24, 2.45) is 34.5 Å². The van der Waals surface area contributed by atoms with E-state index in [1.807, 2.05) is 0 Å². The van der Waals surface area contributed by atoms with Crippen molar-refractivity contribution in [3.8, 4) is 0 Å². The Labute approximate surface area is 236 Å². The van der Waals surface area contributed by atoms with E-state index in [0.717, 1.165) is 50.4 Å². The van der Waals surface area contributed by atoms with Gasteiger partial charge in [0.25, 0.3) is 0 Å². The van der Waals surface area contributed by atoms with E-state index in [1.165, 1.54) is 64.2 Å². The first kappa shape index (κ1) is 35.0. The molecular formula is C34H64O4. The minimum absolute atomic E-state index is 0.0154. The first-order chi connectivity index (χ1) is 17.9. The van der Waals surface area contributed by atoms with Crippen LogP contribution in [0, 0.1) is 34.5 Å². The lowest BCUT2D eigenvalue weighted by Gasteiger charge is -2.30. The predicted octanol–water partition coefficient (Wildman–Crippen LogP) is 9.92. The van der Waals surface area contributed by atoms with Crippen LogP contribution < -0.4 is 0 Å². The van der Waals surface area contributed by atoms with Gasteiger partial charge >= 0.3 is 11.9 Å². The van der Waals surface area contributed by atoms with E-state index >= 15 is 0 Å². The zero-order valence-corrected chi connectivity index (χ0v) is 26.7. The van der Waals surface area contributed by atoms with Gasteiger partial charge in [0.15, 0.2) is 0 Å². The topological polar surface area (TPSA) is 52.6 Å². The first-order valence-electron chi connectivity index (χ1n) is 16.2. The van der Waals surface area contributed by atoms with Crippen LogP contribution in [0.5, 0.6) is 0 Å². The third-order valence-electron chi connectivity index (χ3n) is 8.81. The molecule has 4 heteroatoms. The molecule has 224 valence electrons. The Bertz CT molecular complexity index is 589. The third kappa shape index (κ3) is 15.5. The van der Waals surface area contributed by atoms with Crippen molar-refractivity contribution in [1.82, 2.24) is 0 Å². The lowest BCUT2D eigenvalue weighted by molar-refractivity contribution is -0.158. The number of unbranched alkanes of at least 4 members (excludes halogenated alkanes) is 2. The van der Waals surface area contributed by atoms with Crippen LogP contribution in [0.3, 0.4) is 0 Å². The molecule has 1 aliphatic carbocycles. The monoisotopic (exact) mass is 536 g/mol. The second-order valence-electron chi connectivity index (χ2n) is 14.4. The summed E-state index contributed by atoms with van der Waals surface area (Å²) in [6.07, 6.45) is 17.8. The number of hydrogen-bond donors (Lipinski definition) is 0. The van der Waals surface area contributed by atoms with Gasteiger partial charge in [0.05, 0.1) is 25.0 Å². The van der Waals surface area contributed by atoms with Gasteiger partial charge in [-0.3, -0.25) is 9.59 Å². The highest BCUT2D eigenvalue weighted by atomic mass is 16.5. The maximum absolute atomic E-state index is 12.7. The standard InChI is InChI=1S/C34H64O4/c1-9-11-15-27(3)17-13-23-33(5,6)25-37-31(35)29-19-21-30(22-20-29)32(36)38-26-34(7,8)24-14-18-28(4)16-12-10-2/h27-30H,9-26H2,1-8H3. The molecule has 0 saturated heterocycles. The Hall–Kier alpha value is -1.06. The van der Waals surface area contributed by atoms with E-state index in [-0.39, 0.29) is 34.6 Å². The van der Waals surface area contributed by atoms with Crippen LogP contribution in [0.2, 0.25) is 0 Å². The minimum Gasteiger partial charge on any atom is -0.465 e. The molecule has 38 heavy (non-hydrogen) atoms. The molecule has 0 aromatic rings. The molecule has 4 nitrogen and oxygen atoms in total. The smallest absolute Gasteiger partial charge is 0.308 e. The van der Waals surface area contributed by atoms with E-state index < -0.39 is 0 Å². The highest BCUT2D eigenvalue weighted by molar-refractivity contribution is 5.75. The van der Waals surface area contributed by atoms with E-state index in [0.29, 0.717) is 13.2 Å². The molecule has 0 aromatic carbocycles. The van der Waals surface area contributed by atoms with Gasteiger partial charge in [-0.05, 0) is 61.2 Å². The molecule has 0 bridgehead atoms. The largest absolute Gasteiger partial charge is 0.465 e. The predicted molar refractivity (Wildman–Crippen MR) is 160 cm³/mol. The molecule has 0 amide bonds. The normalized spacial score (nSPS) is 20.1. The summed E-state index contributed by atoms with van der Waals surface area (Å²) in [5, 5.41) is 0. The van der Waals surface area contributed by atoms with Gasteiger partial charge in [-0.15, -0.1) is 0 Å². The fourth-order valence-electron chi connectivity index (χ4n) is 5.73. The second-order valence-corrected chi connectivity index (χ2v) is 14.4. The molecule has 2 unspecified atom stereocenters. The van der Waals surface area contributed by atoms with Gasteiger partial charge in [0.2, 0.25) is 0 Å². The van der Waals surface area contributed by atoms with Crippen LogP contribution in [-0.4, -0.2) is 25.2 Å². The molecular weight excluding hydrogens is 472 g/mol. The molecule has 0 radical (unpaired) electrons. The van der Waals surface area contributed by atoms with Crippen molar-refractivity contribution < 1.29 is 19.1 Å². The third-order valence-corrected chi connectivity index (χ3v) is 8.81. The van der Waals surface area contributed by atoms with Crippen LogP contribution in [-0.2, 0) is 19.1 Å². The fraction of sp³-hybridized carbons (Fsp3) is 0.941. The fourth-order valence-corrected chi connectivity index (χ4v) is 5.73. The highest BCUT2D eigenvalue weighted by Crippen LogP contribution is 2.33. The average Bonchev–Trinajstić information content (AvgIpc) is 2.88. The summed E-state index contributed by atoms with van der Waals surface area (Å²) in [7, 11) is 0. The van der Waals surface area contributed by atoms with Crippen LogP contribution >= 0.6 is 0 Å².